The molecule has 2 rings (SSSR count). The molecular formula is C17H23NO4. The van der Waals surface area contributed by atoms with Crippen LogP contribution in [-0.4, -0.2) is 34.8 Å². The maximum atomic E-state index is 11.8. The molecule has 5 nitrogen and oxygen atoms in total. The summed E-state index contributed by atoms with van der Waals surface area (Å²) in [4.78, 5) is 13.9. The largest absolute Gasteiger partial charge is 0.508 e. The summed E-state index contributed by atoms with van der Waals surface area (Å²) in [6, 6.07) is 4.88. The van der Waals surface area contributed by atoms with Gasteiger partial charge in [0.2, 0.25) is 0 Å². The normalized spacial score (nSPS) is 11.5. The number of hydrogen-bond acceptors (Lipinski definition) is 5. The van der Waals surface area contributed by atoms with Crippen LogP contribution in [0.3, 0.4) is 0 Å². The van der Waals surface area contributed by atoms with Crippen LogP contribution in [-0.2, 0) is 6.54 Å². The molecule has 1 aromatic heterocycles. The van der Waals surface area contributed by atoms with E-state index < -0.39 is 5.63 Å². The predicted molar refractivity (Wildman–Crippen MR) is 86.2 cm³/mol. The van der Waals surface area contributed by atoms with Gasteiger partial charge in [-0.25, -0.2) is 4.79 Å². The van der Waals surface area contributed by atoms with Gasteiger partial charge in [0.15, 0.2) is 0 Å². The molecule has 2 N–H and O–H groups in total. The molecule has 0 saturated heterocycles. The van der Waals surface area contributed by atoms with Crippen LogP contribution in [0.2, 0.25) is 0 Å². The first-order valence-corrected chi connectivity index (χ1v) is 7.65. The number of phenols is 1. The fraction of sp³-hybridized carbons (Fsp3) is 0.471. The molecule has 0 saturated carbocycles. The number of aliphatic hydroxyl groups is 1. The molecule has 0 aliphatic carbocycles. The third-order valence-electron chi connectivity index (χ3n) is 3.86. The molecule has 1 heterocycles. The van der Waals surface area contributed by atoms with Gasteiger partial charge in [0, 0.05) is 30.1 Å². The summed E-state index contributed by atoms with van der Waals surface area (Å²) in [7, 11) is 0. The minimum atomic E-state index is -0.421. The zero-order chi connectivity index (χ0) is 16.1. The molecule has 0 fully saturated rings. The molecule has 120 valence electrons. The van der Waals surface area contributed by atoms with Crippen LogP contribution in [0.15, 0.2) is 27.4 Å². The highest BCUT2D eigenvalue weighted by molar-refractivity contribution is 5.84. The predicted octanol–water partition coefficient (Wildman–Crippen LogP) is 2.40. The number of fused-ring (bicyclic) bond motifs is 1. The third kappa shape index (κ3) is 3.67. The molecule has 0 atom stereocenters. The molecule has 0 unspecified atom stereocenters. The van der Waals surface area contributed by atoms with E-state index in [4.69, 9.17) is 4.42 Å². The highest BCUT2D eigenvalue weighted by Gasteiger charge is 2.13. The lowest BCUT2D eigenvalue weighted by Gasteiger charge is -2.21. The van der Waals surface area contributed by atoms with Crippen LogP contribution in [0.4, 0.5) is 0 Å². The van der Waals surface area contributed by atoms with E-state index in [-0.39, 0.29) is 12.4 Å². The Labute approximate surface area is 129 Å². The molecular weight excluding hydrogens is 282 g/mol. The van der Waals surface area contributed by atoms with E-state index in [0.29, 0.717) is 24.2 Å². The SMILES string of the molecule is CCCCN(CCO)Cc1cc(=O)oc2c(C)c(O)ccc12. The van der Waals surface area contributed by atoms with Crippen LogP contribution in [0.5, 0.6) is 5.75 Å². The quantitative estimate of drug-likeness (QED) is 0.768. The summed E-state index contributed by atoms with van der Waals surface area (Å²) >= 11 is 0. The van der Waals surface area contributed by atoms with Crippen LogP contribution in [0, 0.1) is 6.92 Å². The summed E-state index contributed by atoms with van der Waals surface area (Å²) < 4.78 is 5.25. The van der Waals surface area contributed by atoms with E-state index >= 15 is 0 Å². The molecule has 0 amide bonds. The number of rotatable bonds is 7. The maximum absolute atomic E-state index is 11.8. The van der Waals surface area contributed by atoms with E-state index in [1.165, 1.54) is 6.07 Å². The van der Waals surface area contributed by atoms with Crippen molar-refractivity contribution in [3.63, 3.8) is 0 Å². The van der Waals surface area contributed by atoms with E-state index in [0.717, 1.165) is 30.3 Å². The second-order valence-corrected chi connectivity index (χ2v) is 5.53. The molecule has 0 spiro atoms. The topological polar surface area (TPSA) is 73.9 Å². The van der Waals surface area contributed by atoms with Gasteiger partial charge in [-0.2, -0.15) is 0 Å². The lowest BCUT2D eigenvalue weighted by atomic mass is 10.1. The standard InChI is InChI=1S/C17H23NO4/c1-3-4-7-18(8-9-19)11-13-10-16(21)22-17-12(2)15(20)6-5-14(13)17/h5-6,10,19-20H,3-4,7-9,11H2,1-2H3. The third-order valence-corrected chi connectivity index (χ3v) is 3.86. The zero-order valence-electron chi connectivity index (χ0n) is 13.1. The van der Waals surface area contributed by atoms with Crippen molar-refractivity contribution in [1.82, 2.24) is 4.90 Å². The van der Waals surface area contributed by atoms with Gasteiger partial charge in [-0.1, -0.05) is 13.3 Å². The molecule has 1 aromatic carbocycles. The summed E-state index contributed by atoms with van der Waals surface area (Å²) in [6.07, 6.45) is 2.12. The first kappa shape index (κ1) is 16.5. The van der Waals surface area contributed by atoms with Gasteiger partial charge in [-0.15, -0.1) is 0 Å². The monoisotopic (exact) mass is 305 g/mol. The Morgan fingerprint density at radius 2 is 2.05 bits per heavy atom. The van der Waals surface area contributed by atoms with E-state index in [1.807, 2.05) is 0 Å². The van der Waals surface area contributed by atoms with Gasteiger partial charge in [0.1, 0.15) is 11.3 Å². The molecule has 22 heavy (non-hydrogen) atoms. The highest BCUT2D eigenvalue weighted by Crippen LogP contribution is 2.27. The molecule has 0 radical (unpaired) electrons. The first-order valence-electron chi connectivity index (χ1n) is 7.65. The Morgan fingerprint density at radius 1 is 1.27 bits per heavy atom. The highest BCUT2D eigenvalue weighted by atomic mass is 16.4. The van der Waals surface area contributed by atoms with E-state index in [2.05, 4.69) is 11.8 Å². The number of benzene rings is 1. The minimum absolute atomic E-state index is 0.0862. The minimum Gasteiger partial charge on any atom is -0.508 e. The smallest absolute Gasteiger partial charge is 0.336 e. The molecule has 5 heteroatoms. The number of aryl methyl sites for hydroxylation is 1. The van der Waals surface area contributed by atoms with Crippen LogP contribution in [0.25, 0.3) is 11.0 Å². The second-order valence-electron chi connectivity index (χ2n) is 5.53. The Hall–Kier alpha value is -1.85. The van der Waals surface area contributed by atoms with Gasteiger partial charge in [0.05, 0.1) is 6.61 Å². The Bertz CT molecular complexity index is 693. The molecule has 2 aromatic rings. The van der Waals surface area contributed by atoms with Crippen LogP contribution in [0.1, 0.15) is 30.9 Å². The van der Waals surface area contributed by atoms with E-state index in [9.17, 15) is 15.0 Å². The van der Waals surface area contributed by atoms with Crippen molar-refractivity contribution in [2.24, 2.45) is 0 Å². The van der Waals surface area contributed by atoms with Crippen molar-refractivity contribution in [1.29, 1.82) is 0 Å². The van der Waals surface area contributed by atoms with E-state index in [1.54, 1.807) is 19.1 Å². The Balaban J connectivity index is 2.41. The molecule has 0 aliphatic heterocycles. The fourth-order valence-corrected chi connectivity index (χ4v) is 2.58. The number of unbranched alkanes of at least 4 members (excludes halogenated alkanes) is 1. The summed E-state index contributed by atoms with van der Waals surface area (Å²) in [5, 5.41) is 19.8. The van der Waals surface area contributed by atoms with Crippen molar-refractivity contribution in [2.45, 2.75) is 33.2 Å². The number of hydrogen-bond donors (Lipinski definition) is 2. The number of nitrogens with zero attached hydrogens (tertiary/aromatic N) is 1. The van der Waals surface area contributed by atoms with Crippen molar-refractivity contribution in [3.8, 4) is 5.75 Å². The number of aliphatic hydroxyl groups excluding tert-OH is 1. The first-order chi connectivity index (χ1) is 10.6. The molecule has 0 aliphatic rings. The average Bonchev–Trinajstić information content (AvgIpc) is 2.49. The summed E-state index contributed by atoms with van der Waals surface area (Å²) in [5.41, 5.74) is 1.44. The average molecular weight is 305 g/mol. The number of phenolic OH excluding ortho intramolecular Hbond substituents is 1. The van der Waals surface area contributed by atoms with Gasteiger partial charge in [0.25, 0.3) is 0 Å². The van der Waals surface area contributed by atoms with Gasteiger partial charge >= 0.3 is 5.63 Å². The van der Waals surface area contributed by atoms with Crippen molar-refractivity contribution in [3.05, 3.63) is 39.7 Å². The Kier molecular flexibility index (Phi) is 5.57. The maximum Gasteiger partial charge on any atom is 0.336 e. The van der Waals surface area contributed by atoms with Crippen molar-refractivity contribution < 1.29 is 14.6 Å². The van der Waals surface area contributed by atoms with Gasteiger partial charge in [-0.05, 0) is 37.6 Å². The second kappa shape index (κ2) is 7.42. The van der Waals surface area contributed by atoms with Crippen LogP contribution < -0.4 is 5.63 Å². The van der Waals surface area contributed by atoms with Crippen molar-refractivity contribution >= 4 is 11.0 Å². The zero-order valence-corrected chi connectivity index (χ0v) is 13.1. The molecule has 0 bridgehead atoms. The van der Waals surface area contributed by atoms with Crippen LogP contribution >= 0.6 is 0 Å². The van der Waals surface area contributed by atoms with Gasteiger partial charge < -0.3 is 14.6 Å². The Morgan fingerprint density at radius 3 is 2.73 bits per heavy atom. The summed E-state index contributed by atoms with van der Waals surface area (Å²) in [6.45, 7) is 5.95. The number of aromatic hydroxyl groups is 1. The lowest BCUT2D eigenvalue weighted by molar-refractivity contribution is 0.188. The summed E-state index contributed by atoms with van der Waals surface area (Å²) in [5.74, 6) is 0.117. The lowest BCUT2D eigenvalue weighted by Crippen LogP contribution is -2.28. The fourth-order valence-electron chi connectivity index (χ4n) is 2.58. The van der Waals surface area contributed by atoms with Crippen molar-refractivity contribution in [2.75, 3.05) is 19.7 Å². The van der Waals surface area contributed by atoms with Gasteiger partial charge in [-0.3, -0.25) is 4.90 Å².